The van der Waals surface area contributed by atoms with Crippen molar-refractivity contribution in [3.63, 3.8) is 0 Å². The van der Waals surface area contributed by atoms with Crippen LogP contribution in [0.2, 0.25) is 0 Å². The lowest BCUT2D eigenvalue weighted by Gasteiger charge is -2.12. The van der Waals surface area contributed by atoms with E-state index in [0.29, 0.717) is 33.9 Å². The summed E-state index contributed by atoms with van der Waals surface area (Å²) < 4.78 is 27.4. The molecule has 0 aliphatic carbocycles. The Morgan fingerprint density at radius 2 is 1.77 bits per heavy atom. The highest BCUT2D eigenvalue weighted by atomic mass is 32.2. The molecule has 1 aromatic heterocycles. The van der Waals surface area contributed by atoms with Gasteiger partial charge in [0.05, 0.1) is 17.1 Å². The number of aryl methyl sites for hydroxylation is 1. The summed E-state index contributed by atoms with van der Waals surface area (Å²) in [6.45, 7) is 4.76. The number of benzene rings is 2. The predicted molar refractivity (Wildman–Crippen MR) is 117 cm³/mol. The zero-order valence-corrected chi connectivity index (χ0v) is 17.7. The number of carbonyl (C=O) groups excluding carboxylic acids is 1. The zero-order chi connectivity index (χ0) is 21.9. The lowest BCUT2D eigenvalue weighted by atomic mass is 10.0. The summed E-state index contributed by atoms with van der Waals surface area (Å²) in [6.07, 6.45) is 0. The predicted octanol–water partition coefficient (Wildman–Crippen LogP) is 2.93. The van der Waals surface area contributed by atoms with Crippen LogP contribution in [0.3, 0.4) is 0 Å². The van der Waals surface area contributed by atoms with E-state index >= 15 is 0 Å². The van der Waals surface area contributed by atoms with Crippen molar-refractivity contribution >= 4 is 27.3 Å². The number of hydrogen-bond acceptors (Lipinski definition) is 5. The van der Waals surface area contributed by atoms with Gasteiger partial charge in [0, 0.05) is 29.9 Å². The number of aromatic nitrogens is 2. The zero-order valence-electron chi connectivity index (χ0n) is 16.8. The normalized spacial score (nSPS) is 11.2. The van der Waals surface area contributed by atoms with Crippen LogP contribution in [0.25, 0.3) is 16.8 Å². The van der Waals surface area contributed by atoms with Gasteiger partial charge in [-0.1, -0.05) is 12.1 Å². The van der Waals surface area contributed by atoms with Crippen molar-refractivity contribution < 1.29 is 13.2 Å². The van der Waals surface area contributed by atoms with Crippen molar-refractivity contribution in [1.82, 2.24) is 9.78 Å². The van der Waals surface area contributed by atoms with E-state index in [1.54, 1.807) is 62.4 Å². The number of carbonyl (C=O) groups is 1. The molecule has 2 N–H and O–H groups in total. The molecular weight excluding hydrogens is 404 g/mol. The maximum atomic E-state index is 12.7. The Kier molecular flexibility index (Phi) is 6.02. The number of nitrogens with zero attached hydrogens (tertiary/aromatic N) is 2. The van der Waals surface area contributed by atoms with Crippen LogP contribution in [0, 0.1) is 6.92 Å². The molecule has 30 heavy (non-hydrogen) atoms. The van der Waals surface area contributed by atoms with Gasteiger partial charge in [-0.05, 0) is 55.8 Å². The topological polar surface area (TPSA) is 110 Å². The summed E-state index contributed by atoms with van der Waals surface area (Å²) in [7, 11) is -3.40. The average Bonchev–Trinajstić information content (AvgIpc) is 2.69. The third kappa shape index (κ3) is 4.93. The third-order valence-electron chi connectivity index (χ3n) is 4.38. The molecule has 0 fully saturated rings. The van der Waals surface area contributed by atoms with Crippen molar-refractivity contribution in [3.8, 4) is 16.8 Å². The Morgan fingerprint density at radius 3 is 2.40 bits per heavy atom. The van der Waals surface area contributed by atoms with Crippen molar-refractivity contribution in [3.05, 3.63) is 70.6 Å². The van der Waals surface area contributed by atoms with Gasteiger partial charge in [-0.3, -0.25) is 14.3 Å². The minimum atomic E-state index is -3.40. The molecule has 2 aromatic carbocycles. The van der Waals surface area contributed by atoms with E-state index in [1.165, 1.54) is 17.7 Å². The molecule has 3 aromatic rings. The van der Waals surface area contributed by atoms with E-state index in [1.807, 2.05) is 0 Å². The van der Waals surface area contributed by atoms with Gasteiger partial charge in [0.2, 0.25) is 15.9 Å². The van der Waals surface area contributed by atoms with Crippen LogP contribution in [0.15, 0.2) is 59.4 Å². The van der Waals surface area contributed by atoms with E-state index < -0.39 is 10.0 Å². The third-order valence-corrected chi connectivity index (χ3v) is 5.68. The molecule has 0 spiro atoms. The Labute approximate surface area is 174 Å². The first kappa shape index (κ1) is 21.3. The van der Waals surface area contributed by atoms with Gasteiger partial charge in [-0.25, -0.2) is 8.42 Å². The highest BCUT2D eigenvalue weighted by Gasteiger charge is 2.12. The SMILES string of the molecule is CCS(=O)(=O)Nc1cccc(-c2cc(=O)n(-c3ccc(NC(C)=O)cc3)nc2C)c1. The van der Waals surface area contributed by atoms with Gasteiger partial charge in [-0.2, -0.15) is 9.78 Å². The first-order chi connectivity index (χ1) is 14.2. The summed E-state index contributed by atoms with van der Waals surface area (Å²) in [5.41, 5.74) is 3.18. The monoisotopic (exact) mass is 426 g/mol. The van der Waals surface area contributed by atoms with Crippen LogP contribution in [0.5, 0.6) is 0 Å². The molecule has 0 atom stereocenters. The van der Waals surface area contributed by atoms with Gasteiger partial charge in [0.15, 0.2) is 0 Å². The minimum Gasteiger partial charge on any atom is -0.326 e. The molecule has 1 amide bonds. The number of rotatable bonds is 6. The fourth-order valence-electron chi connectivity index (χ4n) is 2.91. The number of anilines is 2. The Hall–Kier alpha value is -3.46. The molecule has 0 saturated heterocycles. The molecule has 0 bridgehead atoms. The van der Waals surface area contributed by atoms with Crippen LogP contribution >= 0.6 is 0 Å². The van der Waals surface area contributed by atoms with E-state index in [2.05, 4.69) is 15.1 Å². The Bertz CT molecular complexity index is 1250. The average molecular weight is 426 g/mol. The van der Waals surface area contributed by atoms with Crippen molar-refractivity contribution in [2.75, 3.05) is 15.8 Å². The van der Waals surface area contributed by atoms with Gasteiger partial charge < -0.3 is 5.32 Å². The molecule has 156 valence electrons. The molecule has 9 heteroatoms. The quantitative estimate of drug-likeness (QED) is 0.630. The van der Waals surface area contributed by atoms with Crippen LogP contribution in [-0.2, 0) is 14.8 Å². The number of nitrogens with one attached hydrogen (secondary N) is 2. The molecule has 0 aliphatic rings. The van der Waals surface area contributed by atoms with Crippen LogP contribution in [0.1, 0.15) is 19.5 Å². The Balaban J connectivity index is 1.96. The number of amides is 1. The highest BCUT2D eigenvalue weighted by Crippen LogP contribution is 2.24. The first-order valence-electron chi connectivity index (χ1n) is 9.28. The molecule has 8 nitrogen and oxygen atoms in total. The van der Waals surface area contributed by atoms with Gasteiger partial charge >= 0.3 is 0 Å². The van der Waals surface area contributed by atoms with Crippen molar-refractivity contribution in [2.45, 2.75) is 20.8 Å². The summed E-state index contributed by atoms with van der Waals surface area (Å²) in [6, 6.07) is 15.1. The molecule has 0 radical (unpaired) electrons. The van der Waals surface area contributed by atoms with Gasteiger partial charge in [0.1, 0.15) is 0 Å². The standard InChI is InChI=1S/C21H22N4O4S/c1-4-30(28,29)24-18-7-5-6-16(12-18)20-13-21(27)25(23-14(20)2)19-10-8-17(9-11-19)22-15(3)26/h5-13,24H,4H2,1-3H3,(H,22,26). The molecule has 0 unspecified atom stereocenters. The lowest BCUT2D eigenvalue weighted by Crippen LogP contribution is -2.21. The number of sulfonamides is 1. The maximum absolute atomic E-state index is 12.7. The molecule has 1 heterocycles. The largest absolute Gasteiger partial charge is 0.326 e. The smallest absolute Gasteiger partial charge is 0.272 e. The molecule has 3 rings (SSSR count). The van der Waals surface area contributed by atoms with E-state index in [0.717, 1.165) is 0 Å². The fourth-order valence-corrected chi connectivity index (χ4v) is 3.54. The molecular formula is C21H22N4O4S. The molecule has 0 saturated carbocycles. The summed E-state index contributed by atoms with van der Waals surface area (Å²) in [5, 5.41) is 7.08. The number of hydrogen-bond donors (Lipinski definition) is 2. The van der Waals surface area contributed by atoms with Crippen LogP contribution in [0.4, 0.5) is 11.4 Å². The summed E-state index contributed by atoms with van der Waals surface area (Å²) >= 11 is 0. The highest BCUT2D eigenvalue weighted by molar-refractivity contribution is 7.92. The molecule has 0 aliphatic heterocycles. The maximum Gasteiger partial charge on any atom is 0.272 e. The lowest BCUT2D eigenvalue weighted by molar-refractivity contribution is -0.114. The summed E-state index contributed by atoms with van der Waals surface area (Å²) in [5.74, 6) is -0.212. The first-order valence-corrected chi connectivity index (χ1v) is 10.9. The van der Waals surface area contributed by atoms with E-state index in [9.17, 15) is 18.0 Å². The summed E-state index contributed by atoms with van der Waals surface area (Å²) in [4.78, 5) is 23.8. The van der Waals surface area contributed by atoms with Gasteiger partial charge in [-0.15, -0.1) is 0 Å². The second-order valence-corrected chi connectivity index (χ2v) is 8.72. The van der Waals surface area contributed by atoms with E-state index in [4.69, 9.17) is 0 Å². The second-order valence-electron chi connectivity index (χ2n) is 6.71. The van der Waals surface area contributed by atoms with E-state index in [-0.39, 0.29) is 17.2 Å². The van der Waals surface area contributed by atoms with Crippen molar-refractivity contribution in [2.24, 2.45) is 0 Å². The van der Waals surface area contributed by atoms with Crippen LogP contribution < -0.4 is 15.6 Å². The second kappa shape index (κ2) is 8.50. The van der Waals surface area contributed by atoms with Crippen LogP contribution in [-0.4, -0.2) is 29.9 Å². The van der Waals surface area contributed by atoms with Gasteiger partial charge in [0.25, 0.3) is 5.56 Å². The Morgan fingerprint density at radius 1 is 1.07 bits per heavy atom. The fraction of sp³-hybridized carbons (Fsp3) is 0.190. The van der Waals surface area contributed by atoms with Crippen molar-refractivity contribution in [1.29, 1.82) is 0 Å². The minimum absolute atomic E-state index is 0.0332.